The van der Waals surface area contributed by atoms with E-state index in [1.807, 2.05) is 23.6 Å². The Morgan fingerprint density at radius 3 is 2.95 bits per heavy atom. The Kier molecular flexibility index (Phi) is 4.66. The van der Waals surface area contributed by atoms with Crippen molar-refractivity contribution in [1.29, 1.82) is 0 Å². The van der Waals surface area contributed by atoms with Crippen LogP contribution in [-0.4, -0.2) is 22.0 Å². The molecule has 0 aliphatic heterocycles. The summed E-state index contributed by atoms with van der Waals surface area (Å²) in [5, 5.41) is 3.42. The second kappa shape index (κ2) is 6.26. The molecule has 0 spiro atoms. The molecule has 1 aromatic carbocycles. The van der Waals surface area contributed by atoms with Crippen molar-refractivity contribution in [1.82, 2.24) is 14.9 Å². The van der Waals surface area contributed by atoms with Crippen LogP contribution in [0.3, 0.4) is 0 Å². The summed E-state index contributed by atoms with van der Waals surface area (Å²) in [4.78, 5) is 16.0. The maximum atomic E-state index is 11.5. The molecule has 0 saturated carbocycles. The largest absolute Gasteiger partial charge is 0.356 e. The standard InChI is InChI=1S/C13H15Cl2N3O/c1-2-16-13(19)5-6-18-11-7-9(15)3-4-10(11)17-12(18)8-14/h3-4,7H,2,5-6,8H2,1H3,(H,16,19). The van der Waals surface area contributed by atoms with Crippen molar-refractivity contribution in [2.24, 2.45) is 0 Å². The van der Waals surface area contributed by atoms with Gasteiger partial charge in [0.15, 0.2) is 0 Å². The van der Waals surface area contributed by atoms with Crippen LogP contribution >= 0.6 is 23.2 Å². The molecule has 0 aliphatic carbocycles. The summed E-state index contributed by atoms with van der Waals surface area (Å²) in [6.07, 6.45) is 0.399. The van der Waals surface area contributed by atoms with Gasteiger partial charge in [-0.15, -0.1) is 11.6 Å². The Hall–Kier alpha value is -1.26. The number of aryl methyl sites for hydroxylation is 1. The molecule has 0 unspecified atom stereocenters. The Labute approximate surface area is 121 Å². The van der Waals surface area contributed by atoms with Crippen molar-refractivity contribution in [3.8, 4) is 0 Å². The number of halogens is 2. The average Bonchev–Trinajstić information content (AvgIpc) is 2.74. The number of imidazole rings is 1. The highest BCUT2D eigenvalue weighted by Crippen LogP contribution is 2.22. The molecule has 2 aromatic rings. The van der Waals surface area contributed by atoms with Gasteiger partial charge in [-0.2, -0.15) is 0 Å². The van der Waals surface area contributed by atoms with E-state index in [2.05, 4.69) is 10.3 Å². The van der Waals surface area contributed by atoms with Crippen molar-refractivity contribution in [3.63, 3.8) is 0 Å². The molecule has 0 radical (unpaired) electrons. The second-order valence-electron chi connectivity index (χ2n) is 4.15. The van der Waals surface area contributed by atoms with E-state index >= 15 is 0 Å². The number of fused-ring (bicyclic) bond motifs is 1. The summed E-state index contributed by atoms with van der Waals surface area (Å²) < 4.78 is 1.95. The first-order valence-electron chi connectivity index (χ1n) is 6.13. The van der Waals surface area contributed by atoms with Gasteiger partial charge in [0.2, 0.25) is 5.91 Å². The fourth-order valence-corrected chi connectivity index (χ4v) is 2.37. The monoisotopic (exact) mass is 299 g/mol. The van der Waals surface area contributed by atoms with Crippen molar-refractivity contribution >= 4 is 40.1 Å². The van der Waals surface area contributed by atoms with Crippen LogP contribution in [0.4, 0.5) is 0 Å². The Morgan fingerprint density at radius 2 is 2.26 bits per heavy atom. The second-order valence-corrected chi connectivity index (χ2v) is 4.85. The normalized spacial score (nSPS) is 10.9. The highest BCUT2D eigenvalue weighted by Gasteiger charge is 2.11. The van der Waals surface area contributed by atoms with Crippen LogP contribution in [0, 0.1) is 0 Å². The first-order chi connectivity index (χ1) is 9.15. The molecule has 0 bridgehead atoms. The van der Waals surface area contributed by atoms with Crippen LogP contribution in [0.15, 0.2) is 18.2 Å². The molecular weight excluding hydrogens is 285 g/mol. The number of hydrogen-bond acceptors (Lipinski definition) is 2. The minimum atomic E-state index is 0.0203. The number of nitrogens with one attached hydrogen (secondary N) is 1. The van der Waals surface area contributed by atoms with E-state index in [0.29, 0.717) is 30.4 Å². The maximum Gasteiger partial charge on any atom is 0.221 e. The molecular formula is C13H15Cl2N3O. The van der Waals surface area contributed by atoms with E-state index in [1.165, 1.54) is 0 Å². The quantitative estimate of drug-likeness (QED) is 0.863. The zero-order valence-electron chi connectivity index (χ0n) is 10.6. The van der Waals surface area contributed by atoms with E-state index in [9.17, 15) is 4.79 Å². The van der Waals surface area contributed by atoms with Gasteiger partial charge in [-0.05, 0) is 25.1 Å². The topological polar surface area (TPSA) is 46.9 Å². The molecule has 0 aliphatic rings. The molecule has 6 heteroatoms. The lowest BCUT2D eigenvalue weighted by Crippen LogP contribution is -2.24. The molecule has 1 aromatic heterocycles. The van der Waals surface area contributed by atoms with Crippen molar-refractivity contribution < 1.29 is 4.79 Å². The number of carbonyl (C=O) groups excluding carboxylic acids is 1. The molecule has 0 atom stereocenters. The Bertz CT molecular complexity index is 595. The van der Waals surface area contributed by atoms with Crippen LogP contribution in [0.5, 0.6) is 0 Å². The maximum absolute atomic E-state index is 11.5. The van der Waals surface area contributed by atoms with E-state index in [4.69, 9.17) is 23.2 Å². The van der Waals surface area contributed by atoms with E-state index in [1.54, 1.807) is 6.07 Å². The number of alkyl halides is 1. The lowest BCUT2D eigenvalue weighted by Gasteiger charge is -2.07. The van der Waals surface area contributed by atoms with E-state index < -0.39 is 0 Å². The predicted molar refractivity (Wildman–Crippen MR) is 77.6 cm³/mol. The third kappa shape index (κ3) is 3.19. The number of carbonyl (C=O) groups is 1. The van der Waals surface area contributed by atoms with Gasteiger partial charge in [0.05, 0.1) is 16.9 Å². The summed E-state index contributed by atoms with van der Waals surface area (Å²) in [6.45, 7) is 3.08. The Balaban J connectivity index is 2.29. The SMILES string of the molecule is CCNC(=O)CCn1c(CCl)nc2ccc(Cl)cc21. The van der Waals surface area contributed by atoms with Crippen molar-refractivity contribution in [3.05, 3.63) is 29.0 Å². The van der Waals surface area contributed by atoms with E-state index in [-0.39, 0.29) is 5.91 Å². The predicted octanol–water partition coefficient (Wildman–Crippen LogP) is 2.95. The van der Waals surface area contributed by atoms with Crippen molar-refractivity contribution in [2.45, 2.75) is 25.8 Å². The van der Waals surface area contributed by atoms with Crippen LogP contribution < -0.4 is 5.32 Å². The summed E-state index contributed by atoms with van der Waals surface area (Å²) in [5.74, 6) is 1.08. The highest BCUT2D eigenvalue weighted by molar-refractivity contribution is 6.31. The molecule has 4 nitrogen and oxygen atoms in total. The number of amides is 1. The number of aromatic nitrogens is 2. The Morgan fingerprint density at radius 1 is 1.47 bits per heavy atom. The van der Waals surface area contributed by atoms with Gasteiger partial charge < -0.3 is 9.88 Å². The van der Waals surface area contributed by atoms with Crippen LogP contribution in [0.2, 0.25) is 5.02 Å². The number of benzene rings is 1. The summed E-state index contributed by atoms with van der Waals surface area (Å²) in [6, 6.07) is 5.50. The number of nitrogens with zero attached hydrogens (tertiary/aromatic N) is 2. The molecule has 0 fully saturated rings. The van der Waals surface area contributed by atoms with Gasteiger partial charge in [-0.3, -0.25) is 4.79 Å². The first-order valence-corrected chi connectivity index (χ1v) is 7.04. The van der Waals surface area contributed by atoms with Gasteiger partial charge in [0, 0.05) is 24.5 Å². The van der Waals surface area contributed by atoms with Gasteiger partial charge in [-0.1, -0.05) is 11.6 Å². The number of rotatable bonds is 5. The molecule has 19 heavy (non-hydrogen) atoms. The summed E-state index contributed by atoms with van der Waals surface area (Å²) >= 11 is 11.9. The lowest BCUT2D eigenvalue weighted by atomic mass is 10.3. The molecule has 102 valence electrons. The minimum Gasteiger partial charge on any atom is -0.356 e. The fraction of sp³-hybridized carbons (Fsp3) is 0.385. The third-order valence-electron chi connectivity index (χ3n) is 2.85. The van der Waals surface area contributed by atoms with E-state index in [0.717, 1.165) is 16.9 Å². The zero-order chi connectivity index (χ0) is 13.8. The molecule has 2 rings (SSSR count). The highest BCUT2D eigenvalue weighted by atomic mass is 35.5. The molecule has 1 heterocycles. The van der Waals surface area contributed by atoms with Crippen LogP contribution in [0.25, 0.3) is 11.0 Å². The molecule has 1 N–H and O–H groups in total. The first kappa shape index (κ1) is 14.2. The zero-order valence-corrected chi connectivity index (χ0v) is 12.1. The smallest absolute Gasteiger partial charge is 0.221 e. The summed E-state index contributed by atoms with van der Waals surface area (Å²) in [5.41, 5.74) is 1.75. The van der Waals surface area contributed by atoms with Crippen LogP contribution in [0.1, 0.15) is 19.2 Å². The summed E-state index contributed by atoms with van der Waals surface area (Å²) in [7, 11) is 0. The molecule has 0 saturated heterocycles. The minimum absolute atomic E-state index is 0.0203. The molecule has 1 amide bonds. The van der Waals surface area contributed by atoms with Crippen molar-refractivity contribution in [2.75, 3.05) is 6.54 Å². The number of hydrogen-bond donors (Lipinski definition) is 1. The fourth-order valence-electron chi connectivity index (χ4n) is 2.00. The lowest BCUT2D eigenvalue weighted by molar-refractivity contribution is -0.121. The van der Waals surface area contributed by atoms with Crippen LogP contribution in [-0.2, 0) is 17.2 Å². The van der Waals surface area contributed by atoms with Gasteiger partial charge >= 0.3 is 0 Å². The third-order valence-corrected chi connectivity index (χ3v) is 3.32. The van der Waals surface area contributed by atoms with Gasteiger partial charge in [-0.25, -0.2) is 4.98 Å². The van der Waals surface area contributed by atoms with Gasteiger partial charge in [0.25, 0.3) is 0 Å². The average molecular weight is 300 g/mol. The van der Waals surface area contributed by atoms with Gasteiger partial charge in [0.1, 0.15) is 5.82 Å².